The van der Waals surface area contributed by atoms with Crippen LogP contribution in [0.2, 0.25) is 0 Å². The highest BCUT2D eigenvalue weighted by Crippen LogP contribution is 2.28. The number of rotatable bonds is 2. The number of carbonyl (C=O) groups is 1. The van der Waals surface area contributed by atoms with Gasteiger partial charge in [-0.3, -0.25) is 0 Å². The Morgan fingerprint density at radius 2 is 2.27 bits per heavy atom. The van der Waals surface area contributed by atoms with Crippen LogP contribution in [0.1, 0.15) is 17.2 Å². The van der Waals surface area contributed by atoms with E-state index in [0.717, 1.165) is 11.1 Å². The number of cyclic esters (lactones) is 1. The quantitative estimate of drug-likeness (QED) is 0.792. The summed E-state index contributed by atoms with van der Waals surface area (Å²) in [6.07, 6.45) is -0.271. The fourth-order valence-corrected chi connectivity index (χ4v) is 1.83. The summed E-state index contributed by atoms with van der Waals surface area (Å²) < 4.78 is 4.98. The lowest BCUT2D eigenvalue weighted by Crippen LogP contribution is -2.23. The SMILES string of the molecule is CN1C(=O)OCC1c1ccccc1CN. The van der Waals surface area contributed by atoms with Crippen molar-refractivity contribution in [1.29, 1.82) is 0 Å². The van der Waals surface area contributed by atoms with Gasteiger partial charge < -0.3 is 15.4 Å². The average molecular weight is 206 g/mol. The third-order valence-electron chi connectivity index (χ3n) is 2.75. The van der Waals surface area contributed by atoms with Crippen LogP contribution in [0, 0.1) is 0 Å². The maximum Gasteiger partial charge on any atom is 0.410 e. The van der Waals surface area contributed by atoms with Gasteiger partial charge >= 0.3 is 6.09 Å². The zero-order valence-electron chi connectivity index (χ0n) is 8.64. The molecule has 4 heteroatoms. The van der Waals surface area contributed by atoms with Crippen molar-refractivity contribution in [3.63, 3.8) is 0 Å². The van der Waals surface area contributed by atoms with Gasteiger partial charge in [0.2, 0.25) is 0 Å². The van der Waals surface area contributed by atoms with Gasteiger partial charge in [-0.15, -0.1) is 0 Å². The zero-order chi connectivity index (χ0) is 10.8. The van der Waals surface area contributed by atoms with E-state index < -0.39 is 0 Å². The molecule has 1 aliphatic rings. The highest BCUT2D eigenvalue weighted by molar-refractivity contribution is 5.70. The number of hydrogen-bond acceptors (Lipinski definition) is 3. The van der Waals surface area contributed by atoms with E-state index in [1.54, 1.807) is 11.9 Å². The second-order valence-electron chi connectivity index (χ2n) is 3.61. The van der Waals surface area contributed by atoms with Crippen LogP contribution in [-0.2, 0) is 11.3 Å². The number of likely N-dealkylation sites (N-methyl/N-ethyl adjacent to an activating group) is 1. The molecular weight excluding hydrogens is 192 g/mol. The molecule has 15 heavy (non-hydrogen) atoms. The summed E-state index contributed by atoms with van der Waals surface area (Å²) in [5.41, 5.74) is 7.79. The second kappa shape index (κ2) is 3.90. The van der Waals surface area contributed by atoms with Gasteiger partial charge in [0, 0.05) is 13.6 Å². The minimum atomic E-state index is -0.271. The molecule has 1 atom stereocenters. The largest absolute Gasteiger partial charge is 0.447 e. The lowest BCUT2D eigenvalue weighted by molar-refractivity contribution is 0.163. The molecule has 80 valence electrons. The van der Waals surface area contributed by atoms with Crippen LogP contribution in [0.15, 0.2) is 24.3 Å². The van der Waals surface area contributed by atoms with Gasteiger partial charge in [-0.1, -0.05) is 24.3 Å². The van der Waals surface area contributed by atoms with Gasteiger partial charge in [0.25, 0.3) is 0 Å². The first kappa shape index (κ1) is 9.98. The van der Waals surface area contributed by atoms with Crippen molar-refractivity contribution in [2.45, 2.75) is 12.6 Å². The maximum atomic E-state index is 11.2. The minimum Gasteiger partial charge on any atom is -0.447 e. The standard InChI is InChI=1S/C11H14N2O2/c1-13-10(7-15-11(13)14)9-5-3-2-4-8(9)6-12/h2-5,10H,6-7,12H2,1H3. The van der Waals surface area contributed by atoms with Crippen LogP contribution < -0.4 is 5.73 Å². The lowest BCUT2D eigenvalue weighted by atomic mass is 10.0. The van der Waals surface area contributed by atoms with Crippen LogP contribution in [0.4, 0.5) is 4.79 Å². The van der Waals surface area contributed by atoms with Gasteiger partial charge in [0.1, 0.15) is 6.61 Å². The van der Waals surface area contributed by atoms with Crippen LogP contribution in [-0.4, -0.2) is 24.6 Å². The normalized spacial score (nSPS) is 20.5. The Labute approximate surface area is 88.6 Å². The first-order valence-electron chi connectivity index (χ1n) is 4.91. The van der Waals surface area contributed by atoms with E-state index >= 15 is 0 Å². The van der Waals surface area contributed by atoms with E-state index in [1.807, 2.05) is 24.3 Å². The van der Waals surface area contributed by atoms with E-state index in [9.17, 15) is 4.79 Å². The third-order valence-corrected chi connectivity index (χ3v) is 2.75. The molecule has 1 fully saturated rings. The van der Waals surface area contributed by atoms with Crippen molar-refractivity contribution in [3.05, 3.63) is 35.4 Å². The molecule has 1 heterocycles. The van der Waals surface area contributed by atoms with Crippen LogP contribution in [0.5, 0.6) is 0 Å². The molecule has 0 aliphatic carbocycles. The van der Waals surface area contributed by atoms with Crippen LogP contribution in [0.25, 0.3) is 0 Å². The molecule has 0 saturated carbocycles. The molecule has 1 aromatic carbocycles. The Balaban J connectivity index is 2.33. The fraction of sp³-hybridized carbons (Fsp3) is 0.364. The molecule has 0 bridgehead atoms. The number of benzene rings is 1. The van der Waals surface area contributed by atoms with Gasteiger partial charge in [-0.2, -0.15) is 0 Å². The number of hydrogen-bond donors (Lipinski definition) is 1. The molecule has 1 aromatic rings. The fourth-order valence-electron chi connectivity index (χ4n) is 1.83. The van der Waals surface area contributed by atoms with Crippen molar-refractivity contribution in [1.82, 2.24) is 4.90 Å². The smallest absolute Gasteiger partial charge is 0.410 e. The van der Waals surface area contributed by atoms with Gasteiger partial charge in [0.05, 0.1) is 6.04 Å². The van der Waals surface area contributed by atoms with Gasteiger partial charge in [-0.25, -0.2) is 4.79 Å². The van der Waals surface area contributed by atoms with Gasteiger partial charge in [-0.05, 0) is 11.1 Å². The van der Waals surface area contributed by atoms with Crippen molar-refractivity contribution in [2.24, 2.45) is 5.73 Å². The van der Waals surface area contributed by atoms with Crippen molar-refractivity contribution in [3.8, 4) is 0 Å². The third kappa shape index (κ3) is 1.68. The van der Waals surface area contributed by atoms with E-state index in [4.69, 9.17) is 10.5 Å². The Kier molecular flexibility index (Phi) is 2.60. The van der Waals surface area contributed by atoms with E-state index in [0.29, 0.717) is 13.2 Å². The molecule has 0 spiro atoms. The van der Waals surface area contributed by atoms with Crippen LogP contribution in [0.3, 0.4) is 0 Å². The second-order valence-corrected chi connectivity index (χ2v) is 3.61. The maximum absolute atomic E-state index is 11.2. The molecule has 1 amide bonds. The summed E-state index contributed by atoms with van der Waals surface area (Å²) >= 11 is 0. The Morgan fingerprint density at radius 3 is 2.87 bits per heavy atom. The van der Waals surface area contributed by atoms with E-state index in [2.05, 4.69) is 0 Å². The molecule has 4 nitrogen and oxygen atoms in total. The Morgan fingerprint density at radius 1 is 1.53 bits per heavy atom. The first-order chi connectivity index (χ1) is 7.24. The molecule has 1 unspecified atom stereocenters. The highest BCUT2D eigenvalue weighted by atomic mass is 16.6. The number of nitrogens with zero attached hydrogens (tertiary/aromatic N) is 1. The van der Waals surface area contributed by atoms with E-state index in [-0.39, 0.29) is 12.1 Å². The van der Waals surface area contributed by atoms with Crippen LogP contribution >= 0.6 is 0 Å². The molecule has 0 radical (unpaired) electrons. The van der Waals surface area contributed by atoms with Crippen molar-refractivity contribution < 1.29 is 9.53 Å². The Hall–Kier alpha value is -1.55. The molecule has 1 saturated heterocycles. The minimum absolute atomic E-state index is 0.00255. The average Bonchev–Trinajstić information content (AvgIpc) is 2.60. The Bertz CT molecular complexity index is 379. The molecule has 1 aliphatic heterocycles. The van der Waals surface area contributed by atoms with Crippen molar-refractivity contribution >= 4 is 6.09 Å². The topological polar surface area (TPSA) is 55.6 Å². The van der Waals surface area contributed by atoms with Crippen molar-refractivity contribution in [2.75, 3.05) is 13.7 Å². The molecule has 0 aromatic heterocycles. The molecule has 2 N–H and O–H groups in total. The summed E-state index contributed by atoms with van der Waals surface area (Å²) in [6, 6.07) is 7.86. The molecule has 2 rings (SSSR count). The predicted molar refractivity (Wildman–Crippen MR) is 56.2 cm³/mol. The predicted octanol–water partition coefficient (Wildman–Crippen LogP) is 1.27. The highest BCUT2D eigenvalue weighted by Gasteiger charge is 2.31. The zero-order valence-corrected chi connectivity index (χ0v) is 8.64. The first-order valence-corrected chi connectivity index (χ1v) is 4.91. The number of carbonyl (C=O) groups excluding carboxylic acids is 1. The monoisotopic (exact) mass is 206 g/mol. The van der Waals surface area contributed by atoms with Gasteiger partial charge in [0.15, 0.2) is 0 Å². The summed E-state index contributed by atoms with van der Waals surface area (Å²) in [5.74, 6) is 0. The molecular formula is C11H14N2O2. The summed E-state index contributed by atoms with van der Waals surface area (Å²) in [6.45, 7) is 0.890. The summed E-state index contributed by atoms with van der Waals surface area (Å²) in [5, 5.41) is 0. The lowest BCUT2D eigenvalue weighted by Gasteiger charge is -2.18. The number of ether oxygens (including phenoxy) is 1. The summed E-state index contributed by atoms with van der Waals surface area (Å²) in [7, 11) is 1.74. The summed E-state index contributed by atoms with van der Waals surface area (Å²) in [4.78, 5) is 12.8. The number of amides is 1. The van der Waals surface area contributed by atoms with E-state index in [1.165, 1.54) is 0 Å². The number of nitrogens with two attached hydrogens (primary N) is 1.